The van der Waals surface area contributed by atoms with Gasteiger partial charge < -0.3 is 15.4 Å². The van der Waals surface area contributed by atoms with E-state index in [1.54, 1.807) is 6.20 Å². The van der Waals surface area contributed by atoms with Gasteiger partial charge in [0.25, 0.3) is 0 Å². The number of likely N-dealkylation sites (N-methyl/N-ethyl adjacent to an activating group) is 1. The first kappa shape index (κ1) is 11.1. The molecule has 0 amide bonds. The lowest BCUT2D eigenvalue weighted by molar-refractivity contribution is 0.131. The van der Waals surface area contributed by atoms with Crippen molar-refractivity contribution in [2.45, 2.75) is 12.8 Å². The molecular weight excluding hydrogens is 204 g/mol. The highest BCUT2D eigenvalue weighted by Gasteiger charge is 2.21. The Morgan fingerprint density at radius 3 is 3.06 bits per heavy atom. The summed E-state index contributed by atoms with van der Waals surface area (Å²) in [4.78, 5) is 9.99. The number of ether oxygens (including phenoxy) is 1. The summed E-state index contributed by atoms with van der Waals surface area (Å²) in [6.45, 7) is 2.41. The van der Waals surface area contributed by atoms with Crippen molar-refractivity contribution < 1.29 is 4.74 Å². The molecule has 2 rings (SSSR count). The lowest BCUT2D eigenvalue weighted by Crippen LogP contribution is -2.24. The predicted octanol–water partition coefficient (Wildman–Crippen LogP) is 0.922. The summed E-state index contributed by atoms with van der Waals surface area (Å²) in [5, 5.41) is 0. The van der Waals surface area contributed by atoms with Gasteiger partial charge in [0.15, 0.2) is 5.82 Å². The molecule has 0 spiro atoms. The minimum atomic E-state index is 0.604. The number of aromatic nitrogens is 2. The van der Waals surface area contributed by atoms with Crippen molar-refractivity contribution in [1.82, 2.24) is 9.97 Å². The molecule has 88 valence electrons. The Morgan fingerprint density at radius 1 is 1.56 bits per heavy atom. The van der Waals surface area contributed by atoms with Gasteiger partial charge in [-0.1, -0.05) is 0 Å². The highest BCUT2D eigenvalue weighted by molar-refractivity contribution is 5.60. The van der Waals surface area contributed by atoms with Crippen molar-refractivity contribution in [1.29, 1.82) is 0 Å². The number of hydrogen-bond acceptors (Lipinski definition) is 5. The van der Waals surface area contributed by atoms with Crippen LogP contribution in [-0.2, 0) is 4.74 Å². The van der Waals surface area contributed by atoms with Crippen LogP contribution < -0.4 is 10.6 Å². The van der Waals surface area contributed by atoms with Gasteiger partial charge in [0.05, 0.1) is 18.5 Å². The van der Waals surface area contributed by atoms with E-state index in [-0.39, 0.29) is 0 Å². The lowest BCUT2D eigenvalue weighted by atomic mass is 10.4. The maximum absolute atomic E-state index is 5.78. The average molecular weight is 222 g/mol. The van der Waals surface area contributed by atoms with Crippen LogP contribution in [-0.4, -0.2) is 36.8 Å². The fourth-order valence-corrected chi connectivity index (χ4v) is 1.49. The quantitative estimate of drug-likeness (QED) is 0.725. The van der Waals surface area contributed by atoms with Gasteiger partial charge in [-0.05, 0) is 18.8 Å². The summed E-state index contributed by atoms with van der Waals surface area (Å²) < 4.78 is 5.56. The molecule has 0 bridgehead atoms. The summed E-state index contributed by atoms with van der Waals surface area (Å²) >= 11 is 0. The first-order chi connectivity index (χ1) is 7.77. The normalized spacial score (nSPS) is 15.1. The first-order valence-corrected chi connectivity index (χ1v) is 5.61. The Bertz CT molecular complexity index is 341. The number of hydrogen-bond donors (Lipinski definition) is 1. The van der Waals surface area contributed by atoms with Crippen LogP contribution >= 0.6 is 0 Å². The van der Waals surface area contributed by atoms with E-state index < -0.39 is 0 Å². The van der Waals surface area contributed by atoms with Crippen molar-refractivity contribution in [3.63, 3.8) is 0 Å². The van der Waals surface area contributed by atoms with E-state index in [0.717, 1.165) is 31.5 Å². The van der Waals surface area contributed by atoms with Crippen molar-refractivity contribution in [3.05, 3.63) is 12.5 Å². The minimum Gasteiger partial charge on any atom is -0.394 e. The second-order valence-electron chi connectivity index (χ2n) is 4.24. The van der Waals surface area contributed by atoms with E-state index in [4.69, 9.17) is 10.5 Å². The van der Waals surface area contributed by atoms with Gasteiger partial charge in [-0.15, -0.1) is 0 Å². The molecule has 0 saturated heterocycles. The third kappa shape index (κ3) is 3.06. The monoisotopic (exact) mass is 222 g/mol. The van der Waals surface area contributed by atoms with E-state index in [9.17, 15) is 0 Å². The van der Waals surface area contributed by atoms with E-state index in [1.807, 2.05) is 11.9 Å². The van der Waals surface area contributed by atoms with Gasteiger partial charge in [0, 0.05) is 20.2 Å². The van der Waals surface area contributed by atoms with Gasteiger partial charge in [-0.3, -0.25) is 0 Å². The van der Waals surface area contributed by atoms with Crippen molar-refractivity contribution in [2.24, 2.45) is 5.92 Å². The Kier molecular flexibility index (Phi) is 3.56. The first-order valence-electron chi connectivity index (χ1n) is 5.61. The third-order valence-electron chi connectivity index (χ3n) is 2.70. The maximum atomic E-state index is 5.78. The Morgan fingerprint density at radius 2 is 2.38 bits per heavy atom. The van der Waals surface area contributed by atoms with Crippen LogP contribution in [0, 0.1) is 5.92 Å². The van der Waals surface area contributed by atoms with E-state index in [1.165, 1.54) is 19.2 Å². The maximum Gasteiger partial charge on any atom is 0.155 e. The molecule has 0 radical (unpaired) electrons. The molecule has 1 aliphatic rings. The second kappa shape index (κ2) is 5.12. The van der Waals surface area contributed by atoms with Crippen molar-refractivity contribution in [2.75, 3.05) is 37.4 Å². The lowest BCUT2D eigenvalue weighted by Gasteiger charge is -2.19. The number of rotatable bonds is 6. The van der Waals surface area contributed by atoms with Crippen LogP contribution in [0.15, 0.2) is 12.5 Å². The summed E-state index contributed by atoms with van der Waals surface area (Å²) in [5.74, 6) is 1.58. The summed E-state index contributed by atoms with van der Waals surface area (Å²) in [5.41, 5.74) is 6.38. The Balaban J connectivity index is 1.73. The van der Waals surface area contributed by atoms with Gasteiger partial charge in [-0.25, -0.2) is 9.97 Å². The highest BCUT2D eigenvalue weighted by Crippen LogP contribution is 2.28. The van der Waals surface area contributed by atoms with Gasteiger partial charge in [0.2, 0.25) is 0 Å². The molecule has 0 unspecified atom stereocenters. The zero-order valence-electron chi connectivity index (χ0n) is 9.59. The average Bonchev–Trinajstić information content (AvgIpc) is 3.08. The second-order valence-corrected chi connectivity index (χ2v) is 4.24. The summed E-state index contributed by atoms with van der Waals surface area (Å²) in [6.07, 6.45) is 5.78. The molecule has 1 aromatic rings. The SMILES string of the molecule is CN(CCOCC1CC1)c1ncncc1N. The van der Waals surface area contributed by atoms with Crippen LogP contribution in [0.5, 0.6) is 0 Å². The third-order valence-corrected chi connectivity index (χ3v) is 2.70. The van der Waals surface area contributed by atoms with Crippen LogP contribution in [0.3, 0.4) is 0 Å². The van der Waals surface area contributed by atoms with Crippen molar-refractivity contribution >= 4 is 11.5 Å². The zero-order chi connectivity index (χ0) is 11.4. The van der Waals surface area contributed by atoms with E-state index in [0.29, 0.717) is 5.69 Å². The fraction of sp³-hybridized carbons (Fsp3) is 0.636. The largest absolute Gasteiger partial charge is 0.394 e. The molecule has 0 aromatic carbocycles. The Hall–Kier alpha value is -1.36. The highest BCUT2D eigenvalue weighted by atomic mass is 16.5. The molecule has 0 aliphatic heterocycles. The molecular formula is C11H18N4O. The molecule has 1 fully saturated rings. The van der Waals surface area contributed by atoms with Gasteiger partial charge >= 0.3 is 0 Å². The minimum absolute atomic E-state index is 0.604. The van der Waals surface area contributed by atoms with E-state index in [2.05, 4.69) is 9.97 Å². The molecule has 5 heteroatoms. The van der Waals surface area contributed by atoms with Crippen LogP contribution in [0.4, 0.5) is 11.5 Å². The molecule has 1 aliphatic carbocycles. The molecule has 0 atom stereocenters. The smallest absolute Gasteiger partial charge is 0.155 e. The number of nitrogens with two attached hydrogens (primary N) is 1. The molecule has 1 heterocycles. The zero-order valence-corrected chi connectivity index (χ0v) is 9.59. The van der Waals surface area contributed by atoms with Gasteiger partial charge in [0.1, 0.15) is 6.33 Å². The van der Waals surface area contributed by atoms with E-state index >= 15 is 0 Å². The summed E-state index contributed by atoms with van der Waals surface area (Å²) in [7, 11) is 1.96. The fourth-order valence-electron chi connectivity index (χ4n) is 1.49. The van der Waals surface area contributed by atoms with Crippen LogP contribution in [0.25, 0.3) is 0 Å². The molecule has 1 aromatic heterocycles. The number of nitrogen functional groups attached to an aromatic ring is 1. The predicted molar refractivity (Wildman–Crippen MR) is 63.3 cm³/mol. The standard InChI is InChI=1S/C11H18N4O/c1-15(4-5-16-7-9-2-3-9)11-10(12)6-13-8-14-11/h6,8-9H,2-5,7,12H2,1H3. The van der Waals surface area contributed by atoms with Crippen LogP contribution in [0.1, 0.15) is 12.8 Å². The molecule has 5 nitrogen and oxygen atoms in total. The van der Waals surface area contributed by atoms with Gasteiger partial charge in [-0.2, -0.15) is 0 Å². The topological polar surface area (TPSA) is 64.3 Å². The summed E-state index contributed by atoms with van der Waals surface area (Å²) in [6, 6.07) is 0. The number of nitrogens with zero attached hydrogens (tertiary/aromatic N) is 3. The molecule has 2 N–H and O–H groups in total. The number of anilines is 2. The van der Waals surface area contributed by atoms with Crippen molar-refractivity contribution in [3.8, 4) is 0 Å². The Labute approximate surface area is 95.6 Å². The molecule has 16 heavy (non-hydrogen) atoms. The molecule has 1 saturated carbocycles. The van der Waals surface area contributed by atoms with Crippen LogP contribution in [0.2, 0.25) is 0 Å².